The van der Waals surface area contributed by atoms with Gasteiger partial charge in [-0.1, -0.05) is 0 Å². The summed E-state index contributed by atoms with van der Waals surface area (Å²) in [6.07, 6.45) is -3.41. The molecule has 0 fully saturated rings. The Morgan fingerprint density at radius 2 is 1.93 bits per heavy atom. The molecule has 2 aromatic heterocycles. The first kappa shape index (κ1) is 24.3. The van der Waals surface area contributed by atoms with Crippen LogP contribution in [0.2, 0.25) is 0 Å². The SMILES string of the molecule is CCNC(=NCc1sc(C)nc1C)NCCNc1nccc(C(F)(F)F)n1.I. The number of hydrogen-bond acceptors (Lipinski definition) is 6. The smallest absolute Gasteiger partial charge is 0.357 e. The van der Waals surface area contributed by atoms with E-state index in [2.05, 4.69) is 35.9 Å². The van der Waals surface area contributed by atoms with Gasteiger partial charge in [0, 0.05) is 30.7 Å². The van der Waals surface area contributed by atoms with Gasteiger partial charge in [0.25, 0.3) is 0 Å². The number of guanidine groups is 1. The van der Waals surface area contributed by atoms with Gasteiger partial charge >= 0.3 is 6.18 Å². The van der Waals surface area contributed by atoms with Crippen molar-refractivity contribution in [1.29, 1.82) is 0 Å². The molecule has 0 amide bonds. The Labute approximate surface area is 182 Å². The number of aliphatic imine (C=N–C) groups is 1. The van der Waals surface area contributed by atoms with Gasteiger partial charge in [0.2, 0.25) is 5.95 Å². The lowest BCUT2D eigenvalue weighted by Gasteiger charge is -2.12. The number of rotatable bonds is 7. The minimum absolute atomic E-state index is 0. The highest BCUT2D eigenvalue weighted by Crippen LogP contribution is 2.27. The number of anilines is 1. The zero-order valence-corrected chi connectivity index (χ0v) is 18.9. The van der Waals surface area contributed by atoms with Crippen LogP contribution in [-0.2, 0) is 12.7 Å². The van der Waals surface area contributed by atoms with Crippen LogP contribution in [0.25, 0.3) is 0 Å². The molecule has 3 N–H and O–H groups in total. The molecule has 0 atom stereocenters. The van der Waals surface area contributed by atoms with E-state index >= 15 is 0 Å². The summed E-state index contributed by atoms with van der Waals surface area (Å²) in [5.41, 5.74) is -0.00135. The van der Waals surface area contributed by atoms with Crippen LogP contribution in [0.5, 0.6) is 0 Å². The zero-order chi connectivity index (χ0) is 19.9. The lowest BCUT2D eigenvalue weighted by molar-refractivity contribution is -0.141. The van der Waals surface area contributed by atoms with Crippen LogP contribution in [0, 0.1) is 13.8 Å². The van der Waals surface area contributed by atoms with Gasteiger partial charge in [0.1, 0.15) is 5.69 Å². The van der Waals surface area contributed by atoms with E-state index < -0.39 is 11.9 Å². The van der Waals surface area contributed by atoms with Gasteiger partial charge in [0.05, 0.1) is 17.2 Å². The Hall–Kier alpha value is -1.70. The molecule has 12 heteroatoms. The number of halogens is 4. The fourth-order valence-electron chi connectivity index (χ4n) is 2.17. The lowest BCUT2D eigenvalue weighted by Crippen LogP contribution is -2.39. The summed E-state index contributed by atoms with van der Waals surface area (Å²) in [5, 5.41) is 10.0. The van der Waals surface area contributed by atoms with Gasteiger partial charge in [-0.2, -0.15) is 13.2 Å². The Morgan fingerprint density at radius 1 is 1.18 bits per heavy atom. The van der Waals surface area contributed by atoms with E-state index in [1.54, 1.807) is 11.3 Å². The molecule has 0 spiro atoms. The van der Waals surface area contributed by atoms with Crippen LogP contribution in [-0.4, -0.2) is 40.5 Å². The van der Waals surface area contributed by atoms with Crippen molar-refractivity contribution in [2.24, 2.45) is 4.99 Å². The van der Waals surface area contributed by atoms with Crippen molar-refractivity contribution >= 4 is 47.2 Å². The van der Waals surface area contributed by atoms with Gasteiger partial charge < -0.3 is 16.0 Å². The monoisotopic (exact) mass is 529 g/mol. The molecule has 28 heavy (non-hydrogen) atoms. The first-order valence-corrected chi connectivity index (χ1v) is 9.20. The third kappa shape index (κ3) is 7.73. The summed E-state index contributed by atoms with van der Waals surface area (Å²) in [4.78, 5) is 17.2. The highest BCUT2D eigenvalue weighted by Gasteiger charge is 2.32. The summed E-state index contributed by atoms with van der Waals surface area (Å²) in [6.45, 7) is 7.83. The molecule has 7 nitrogen and oxygen atoms in total. The Morgan fingerprint density at radius 3 is 2.54 bits per heavy atom. The molecule has 0 bridgehead atoms. The molecule has 156 valence electrons. The van der Waals surface area contributed by atoms with E-state index in [-0.39, 0.29) is 29.9 Å². The molecule has 0 aliphatic rings. The molecule has 0 radical (unpaired) electrons. The number of aryl methyl sites for hydroxylation is 2. The maximum atomic E-state index is 12.6. The highest BCUT2D eigenvalue weighted by molar-refractivity contribution is 14.0. The lowest BCUT2D eigenvalue weighted by atomic mass is 10.4. The molecule has 2 aromatic rings. The standard InChI is InChI=1S/C16H22F3N7S.HI/c1-4-20-14(24-9-12-10(2)25-11(3)27-12)22-7-8-23-15-21-6-5-13(26-15)16(17,18)19;/h5-6H,4,7-9H2,1-3H3,(H2,20,22,24)(H,21,23,26);1H. The number of thiazole rings is 1. The largest absolute Gasteiger partial charge is 0.433 e. The quantitative estimate of drug-likeness (QED) is 0.221. The number of aromatic nitrogens is 3. The van der Waals surface area contributed by atoms with Crippen molar-refractivity contribution < 1.29 is 13.2 Å². The van der Waals surface area contributed by atoms with Gasteiger partial charge in [-0.25, -0.2) is 19.9 Å². The molecule has 2 heterocycles. The van der Waals surface area contributed by atoms with E-state index in [9.17, 15) is 13.2 Å². The summed E-state index contributed by atoms with van der Waals surface area (Å²) in [5.74, 6) is 0.555. The average molecular weight is 529 g/mol. The Kier molecular flexibility index (Phi) is 9.85. The summed E-state index contributed by atoms with van der Waals surface area (Å²) >= 11 is 1.61. The van der Waals surface area contributed by atoms with Gasteiger partial charge in [0.15, 0.2) is 5.96 Å². The van der Waals surface area contributed by atoms with Crippen molar-refractivity contribution in [2.45, 2.75) is 33.5 Å². The predicted molar refractivity (Wildman–Crippen MR) is 115 cm³/mol. The molecule has 0 aliphatic carbocycles. The summed E-state index contributed by atoms with van der Waals surface area (Å²) in [7, 11) is 0. The second-order valence-electron chi connectivity index (χ2n) is 5.55. The van der Waals surface area contributed by atoms with Crippen molar-refractivity contribution in [3.8, 4) is 0 Å². The topological polar surface area (TPSA) is 87.1 Å². The number of alkyl halides is 3. The summed E-state index contributed by atoms with van der Waals surface area (Å²) in [6, 6.07) is 0.836. The van der Waals surface area contributed by atoms with Crippen molar-refractivity contribution in [2.75, 3.05) is 25.0 Å². The predicted octanol–water partition coefficient (Wildman–Crippen LogP) is 3.35. The van der Waals surface area contributed by atoms with Crippen LogP contribution in [0.3, 0.4) is 0 Å². The van der Waals surface area contributed by atoms with Crippen LogP contribution in [0.1, 0.15) is 28.2 Å². The highest BCUT2D eigenvalue weighted by atomic mass is 127. The zero-order valence-electron chi connectivity index (χ0n) is 15.7. The maximum absolute atomic E-state index is 12.6. The molecule has 0 saturated carbocycles. The van der Waals surface area contributed by atoms with Crippen LogP contribution in [0.15, 0.2) is 17.3 Å². The minimum atomic E-state index is -4.49. The van der Waals surface area contributed by atoms with Crippen LogP contribution in [0.4, 0.5) is 19.1 Å². The van der Waals surface area contributed by atoms with Gasteiger partial charge in [-0.05, 0) is 26.8 Å². The number of nitrogens with zero attached hydrogens (tertiary/aromatic N) is 4. The van der Waals surface area contributed by atoms with Gasteiger partial charge in [-0.3, -0.25) is 0 Å². The Balaban J connectivity index is 0.00000392. The fraction of sp³-hybridized carbons (Fsp3) is 0.500. The van der Waals surface area contributed by atoms with E-state index in [0.29, 0.717) is 32.1 Å². The molecular weight excluding hydrogens is 506 g/mol. The first-order chi connectivity index (χ1) is 12.8. The molecule has 0 unspecified atom stereocenters. The second-order valence-corrected chi connectivity index (χ2v) is 6.84. The maximum Gasteiger partial charge on any atom is 0.433 e. The van der Waals surface area contributed by atoms with Crippen LogP contribution < -0.4 is 16.0 Å². The second kappa shape index (κ2) is 11.3. The third-order valence-corrected chi connectivity index (χ3v) is 4.43. The minimum Gasteiger partial charge on any atom is -0.357 e. The van der Waals surface area contributed by atoms with E-state index in [1.165, 1.54) is 0 Å². The molecule has 0 saturated heterocycles. The van der Waals surface area contributed by atoms with Crippen molar-refractivity contribution in [1.82, 2.24) is 25.6 Å². The van der Waals surface area contributed by atoms with Crippen molar-refractivity contribution in [3.05, 3.63) is 33.5 Å². The van der Waals surface area contributed by atoms with E-state index in [0.717, 1.165) is 27.8 Å². The van der Waals surface area contributed by atoms with E-state index in [1.807, 2.05) is 20.8 Å². The average Bonchev–Trinajstić information content (AvgIpc) is 2.93. The molecule has 0 aliphatic heterocycles. The molecule has 0 aromatic carbocycles. The van der Waals surface area contributed by atoms with Crippen molar-refractivity contribution in [3.63, 3.8) is 0 Å². The molecular formula is C16H23F3IN7S. The fourth-order valence-corrected chi connectivity index (χ4v) is 3.03. The molecule has 2 rings (SSSR count). The van der Waals surface area contributed by atoms with Crippen LogP contribution >= 0.6 is 35.3 Å². The number of hydrogen-bond donors (Lipinski definition) is 3. The normalized spacial score (nSPS) is 11.7. The van der Waals surface area contributed by atoms with Gasteiger partial charge in [-0.15, -0.1) is 35.3 Å². The Bertz CT molecular complexity index is 780. The first-order valence-electron chi connectivity index (χ1n) is 8.38. The number of nitrogens with one attached hydrogen (secondary N) is 3. The summed E-state index contributed by atoms with van der Waals surface area (Å²) < 4.78 is 37.9. The third-order valence-electron chi connectivity index (χ3n) is 3.37. The van der Waals surface area contributed by atoms with E-state index in [4.69, 9.17) is 0 Å².